The molecule has 3 nitrogen and oxygen atoms in total. The van der Waals surface area contributed by atoms with Gasteiger partial charge < -0.3 is 9.15 Å². The first kappa shape index (κ1) is 18.3. The molecule has 1 heterocycles. The van der Waals surface area contributed by atoms with Crippen LogP contribution in [0.2, 0.25) is 0 Å². The Morgan fingerprint density at radius 3 is 2.31 bits per heavy atom. The number of rotatable bonds is 6. The lowest BCUT2D eigenvalue weighted by Gasteiger charge is -2.06. The molecule has 0 aliphatic heterocycles. The van der Waals surface area contributed by atoms with Crippen molar-refractivity contribution < 1.29 is 22.3 Å². The Morgan fingerprint density at radius 1 is 1.00 bits per heavy atom. The maximum absolute atomic E-state index is 12.6. The summed E-state index contributed by atoms with van der Waals surface area (Å²) in [5.74, 6) is 1.46. The SMILES string of the molecule is FC(F)(F)c1ccc(-c2nc(CCOc3ccc(CCl)cc3)co2)cc1. The predicted molar refractivity (Wildman–Crippen MR) is 92.1 cm³/mol. The number of oxazole rings is 1. The molecule has 0 fully saturated rings. The minimum Gasteiger partial charge on any atom is -0.493 e. The lowest BCUT2D eigenvalue weighted by atomic mass is 10.1. The van der Waals surface area contributed by atoms with Crippen LogP contribution in [0.1, 0.15) is 16.8 Å². The quantitative estimate of drug-likeness (QED) is 0.512. The minimum absolute atomic E-state index is 0.278. The first-order valence-electron chi connectivity index (χ1n) is 7.85. The number of aromatic nitrogens is 1. The highest BCUT2D eigenvalue weighted by molar-refractivity contribution is 6.17. The van der Waals surface area contributed by atoms with Gasteiger partial charge in [-0.2, -0.15) is 13.2 Å². The molecule has 2 aromatic carbocycles. The zero-order chi connectivity index (χ0) is 18.6. The summed E-state index contributed by atoms with van der Waals surface area (Å²) in [5.41, 5.74) is 1.46. The van der Waals surface area contributed by atoms with Crippen molar-refractivity contribution in [2.24, 2.45) is 0 Å². The van der Waals surface area contributed by atoms with Crippen LogP contribution in [0.4, 0.5) is 13.2 Å². The number of nitrogens with zero attached hydrogens (tertiary/aromatic N) is 1. The van der Waals surface area contributed by atoms with Crippen LogP contribution in [0.25, 0.3) is 11.5 Å². The van der Waals surface area contributed by atoms with Crippen LogP contribution in [0, 0.1) is 0 Å². The zero-order valence-corrected chi connectivity index (χ0v) is 14.3. The van der Waals surface area contributed by atoms with Gasteiger partial charge in [0.2, 0.25) is 5.89 Å². The van der Waals surface area contributed by atoms with E-state index in [1.165, 1.54) is 18.4 Å². The third kappa shape index (κ3) is 4.58. The molecule has 0 saturated carbocycles. The Morgan fingerprint density at radius 2 is 1.69 bits per heavy atom. The standard InChI is InChI=1S/C19H15ClF3NO2/c20-11-13-1-7-17(8-2-13)25-10-9-16-12-26-18(24-16)14-3-5-15(6-4-14)19(21,22)23/h1-8,12H,9-11H2. The van der Waals surface area contributed by atoms with Crippen molar-refractivity contribution >= 4 is 11.6 Å². The lowest BCUT2D eigenvalue weighted by Crippen LogP contribution is -2.04. The molecular weight excluding hydrogens is 367 g/mol. The molecule has 0 bridgehead atoms. The van der Waals surface area contributed by atoms with E-state index in [4.69, 9.17) is 20.8 Å². The highest BCUT2D eigenvalue weighted by Gasteiger charge is 2.30. The maximum atomic E-state index is 12.6. The van der Waals surface area contributed by atoms with Gasteiger partial charge in [-0.05, 0) is 42.0 Å². The van der Waals surface area contributed by atoms with Gasteiger partial charge in [-0.1, -0.05) is 12.1 Å². The first-order valence-corrected chi connectivity index (χ1v) is 8.39. The van der Waals surface area contributed by atoms with Crippen LogP contribution in [0.5, 0.6) is 5.75 Å². The number of alkyl halides is 4. The second kappa shape index (κ2) is 7.83. The number of ether oxygens (including phenoxy) is 1. The fourth-order valence-corrected chi connectivity index (χ4v) is 2.48. The van der Waals surface area contributed by atoms with Gasteiger partial charge in [-0.3, -0.25) is 0 Å². The van der Waals surface area contributed by atoms with Crippen molar-refractivity contribution in [3.05, 3.63) is 71.6 Å². The molecule has 1 aromatic heterocycles. The average Bonchev–Trinajstić information content (AvgIpc) is 3.11. The summed E-state index contributed by atoms with van der Waals surface area (Å²) in [6.07, 6.45) is -2.37. The Balaban J connectivity index is 1.57. The topological polar surface area (TPSA) is 35.3 Å². The van der Waals surface area contributed by atoms with E-state index in [1.807, 2.05) is 24.3 Å². The fourth-order valence-electron chi connectivity index (χ4n) is 2.30. The molecule has 0 unspecified atom stereocenters. The number of hydrogen-bond donors (Lipinski definition) is 0. The second-order valence-corrected chi connectivity index (χ2v) is 5.86. The van der Waals surface area contributed by atoms with Crippen molar-refractivity contribution in [2.75, 3.05) is 6.61 Å². The molecule has 0 aliphatic carbocycles. The Labute approximate surface area is 153 Å². The van der Waals surface area contributed by atoms with Gasteiger partial charge in [0.1, 0.15) is 12.0 Å². The smallest absolute Gasteiger partial charge is 0.416 e. The van der Waals surface area contributed by atoms with Crippen LogP contribution in [-0.2, 0) is 18.5 Å². The summed E-state index contributed by atoms with van der Waals surface area (Å²) in [4.78, 5) is 4.29. The molecule has 0 atom stereocenters. The highest BCUT2D eigenvalue weighted by Crippen LogP contribution is 2.30. The monoisotopic (exact) mass is 381 g/mol. The summed E-state index contributed by atoms with van der Waals surface area (Å²) >= 11 is 5.73. The van der Waals surface area contributed by atoms with E-state index in [-0.39, 0.29) is 5.89 Å². The molecule has 26 heavy (non-hydrogen) atoms. The Hall–Kier alpha value is -2.47. The number of benzene rings is 2. The fraction of sp³-hybridized carbons (Fsp3) is 0.211. The molecule has 0 saturated heterocycles. The van der Waals surface area contributed by atoms with Crippen molar-refractivity contribution in [2.45, 2.75) is 18.5 Å². The van der Waals surface area contributed by atoms with E-state index >= 15 is 0 Å². The molecule has 7 heteroatoms. The van der Waals surface area contributed by atoms with Crippen LogP contribution in [0.3, 0.4) is 0 Å². The first-order chi connectivity index (χ1) is 12.5. The summed E-state index contributed by atoms with van der Waals surface area (Å²) in [5, 5.41) is 0. The molecule has 0 N–H and O–H groups in total. The van der Waals surface area contributed by atoms with E-state index < -0.39 is 11.7 Å². The molecule has 0 radical (unpaired) electrons. The van der Waals surface area contributed by atoms with Gasteiger partial charge in [-0.15, -0.1) is 11.6 Å². The molecule has 0 aliphatic rings. The molecule has 0 amide bonds. The molecule has 0 spiro atoms. The van der Waals surface area contributed by atoms with E-state index in [0.29, 0.717) is 30.2 Å². The normalized spacial score (nSPS) is 11.5. The van der Waals surface area contributed by atoms with Gasteiger partial charge in [0.25, 0.3) is 0 Å². The lowest BCUT2D eigenvalue weighted by molar-refractivity contribution is -0.137. The van der Waals surface area contributed by atoms with Crippen LogP contribution in [0.15, 0.2) is 59.2 Å². The van der Waals surface area contributed by atoms with Crippen LogP contribution < -0.4 is 4.74 Å². The maximum Gasteiger partial charge on any atom is 0.416 e. The third-order valence-electron chi connectivity index (χ3n) is 3.72. The van der Waals surface area contributed by atoms with E-state index in [1.54, 1.807) is 0 Å². The minimum atomic E-state index is -4.36. The summed E-state index contributed by atoms with van der Waals surface area (Å²) in [7, 11) is 0. The van der Waals surface area contributed by atoms with Gasteiger partial charge in [-0.25, -0.2) is 4.98 Å². The van der Waals surface area contributed by atoms with Crippen molar-refractivity contribution in [1.82, 2.24) is 4.98 Å². The van der Waals surface area contributed by atoms with Crippen LogP contribution in [-0.4, -0.2) is 11.6 Å². The number of hydrogen-bond acceptors (Lipinski definition) is 3. The van der Waals surface area contributed by atoms with E-state index in [2.05, 4.69) is 4.98 Å². The summed E-state index contributed by atoms with van der Waals surface area (Å²) < 4.78 is 48.7. The summed E-state index contributed by atoms with van der Waals surface area (Å²) in [6, 6.07) is 12.2. The van der Waals surface area contributed by atoms with E-state index in [9.17, 15) is 13.2 Å². The Bertz CT molecular complexity index is 842. The zero-order valence-electron chi connectivity index (χ0n) is 13.6. The average molecular weight is 382 g/mol. The highest BCUT2D eigenvalue weighted by atomic mass is 35.5. The molecule has 136 valence electrons. The number of halogens is 4. The third-order valence-corrected chi connectivity index (χ3v) is 4.02. The second-order valence-electron chi connectivity index (χ2n) is 5.60. The summed E-state index contributed by atoms with van der Waals surface area (Å²) in [6.45, 7) is 0.402. The molecule has 3 rings (SSSR count). The predicted octanol–water partition coefficient (Wildman–Crippen LogP) is 5.72. The van der Waals surface area contributed by atoms with Gasteiger partial charge in [0.15, 0.2) is 0 Å². The van der Waals surface area contributed by atoms with Crippen molar-refractivity contribution in [3.63, 3.8) is 0 Å². The van der Waals surface area contributed by atoms with Crippen LogP contribution >= 0.6 is 11.6 Å². The van der Waals surface area contributed by atoms with Gasteiger partial charge in [0.05, 0.1) is 17.9 Å². The van der Waals surface area contributed by atoms with Crippen molar-refractivity contribution in [3.8, 4) is 17.2 Å². The molecule has 3 aromatic rings. The van der Waals surface area contributed by atoms with Crippen molar-refractivity contribution in [1.29, 1.82) is 0 Å². The molecular formula is C19H15ClF3NO2. The largest absolute Gasteiger partial charge is 0.493 e. The Kier molecular flexibility index (Phi) is 5.52. The van der Waals surface area contributed by atoms with Gasteiger partial charge in [0, 0.05) is 17.9 Å². The van der Waals surface area contributed by atoms with E-state index in [0.717, 1.165) is 23.4 Å². The van der Waals surface area contributed by atoms with Gasteiger partial charge >= 0.3 is 6.18 Å².